The third-order valence-electron chi connectivity index (χ3n) is 2.96. The SMILES string of the molecule is CC(C)c1nc(CN(C)c2ccc([N+](=O)[O-])cc2)cs1. The number of hydrogen-bond donors (Lipinski definition) is 0. The van der Waals surface area contributed by atoms with Gasteiger partial charge in [-0.05, 0) is 12.1 Å². The first-order chi connectivity index (χ1) is 9.47. The molecule has 1 heterocycles. The smallest absolute Gasteiger partial charge is 0.269 e. The van der Waals surface area contributed by atoms with Gasteiger partial charge >= 0.3 is 0 Å². The summed E-state index contributed by atoms with van der Waals surface area (Å²) in [4.78, 5) is 16.9. The average molecular weight is 291 g/mol. The minimum atomic E-state index is -0.390. The van der Waals surface area contributed by atoms with Crippen molar-refractivity contribution in [2.75, 3.05) is 11.9 Å². The normalized spacial score (nSPS) is 10.8. The van der Waals surface area contributed by atoms with E-state index in [1.165, 1.54) is 12.1 Å². The van der Waals surface area contributed by atoms with Gasteiger partial charge in [0.1, 0.15) is 0 Å². The molecule has 0 amide bonds. The Morgan fingerprint density at radius 1 is 1.35 bits per heavy atom. The first kappa shape index (κ1) is 14.5. The summed E-state index contributed by atoms with van der Waals surface area (Å²) in [7, 11) is 1.95. The minimum absolute atomic E-state index is 0.109. The maximum Gasteiger partial charge on any atom is 0.269 e. The van der Waals surface area contributed by atoms with Gasteiger partial charge in [0, 0.05) is 36.2 Å². The molecule has 0 N–H and O–H groups in total. The lowest BCUT2D eigenvalue weighted by Crippen LogP contribution is -2.16. The Labute approximate surface area is 122 Å². The van der Waals surface area contributed by atoms with E-state index in [4.69, 9.17) is 0 Å². The van der Waals surface area contributed by atoms with E-state index in [9.17, 15) is 10.1 Å². The van der Waals surface area contributed by atoms with Crippen molar-refractivity contribution in [1.82, 2.24) is 4.98 Å². The molecule has 20 heavy (non-hydrogen) atoms. The largest absolute Gasteiger partial charge is 0.369 e. The van der Waals surface area contributed by atoms with Gasteiger partial charge in [-0.1, -0.05) is 13.8 Å². The summed E-state index contributed by atoms with van der Waals surface area (Å²) in [5.74, 6) is 0.443. The van der Waals surface area contributed by atoms with Gasteiger partial charge in [-0.3, -0.25) is 10.1 Å². The molecule has 0 bridgehead atoms. The second-order valence-corrected chi connectivity index (χ2v) is 5.85. The molecule has 0 atom stereocenters. The van der Waals surface area contributed by atoms with Gasteiger partial charge < -0.3 is 4.90 Å². The Morgan fingerprint density at radius 2 is 2.00 bits per heavy atom. The third kappa shape index (κ3) is 3.33. The molecule has 5 nitrogen and oxygen atoms in total. The quantitative estimate of drug-likeness (QED) is 0.621. The summed E-state index contributed by atoms with van der Waals surface area (Å²) in [6, 6.07) is 6.56. The van der Waals surface area contributed by atoms with E-state index in [-0.39, 0.29) is 10.6 Å². The number of benzene rings is 1. The molecule has 0 radical (unpaired) electrons. The van der Waals surface area contributed by atoms with Crippen LogP contribution in [0.3, 0.4) is 0 Å². The van der Waals surface area contributed by atoms with Gasteiger partial charge in [-0.25, -0.2) is 4.98 Å². The Kier molecular flexibility index (Phi) is 4.34. The van der Waals surface area contributed by atoms with Crippen molar-refractivity contribution in [2.45, 2.75) is 26.3 Å². The fraction of sp³-hybridized carbons (Fsp3) is 0.357. The van der Waals surface area contributed by atoms with Gasteiger partial charge in [0.2, 0.25) is 0 Å². The number of nitrogens with zero attached hydrogens (tertiary/aromatic N) is 3. The second kappa shape index (κ2) is 6.00. The summed E-state index contributed by atoms with van der Waals surface area (Å²) in [5, 5.41) is 13.8. The van der Waals surface area contributed by atoms with Crippen LogP contribution in [0.4, 0.5) is 11.4 Å². The van der Waals surface area contributed by atoms with E-state index in [1.54, 1.807) is 23.5 Å². The molecule has 0 saturated carbocycles. The lowest BCUT2D eigenvalue weighted by atomic mass is 10.2. The Morgan fingerprint density at radius 3 is 2.50 bits per heavy atom. The molecule has 106 valence electrons. The molecule has 0 unspecified atom stereocenters. The average Bonchev–Trinajstić information content (AvgIpc) is 2.87. The van der Waals surface area contributed by atoms with Crippen LogP contribution in [-0.4, -0.2) is 17.0 Å². The van der Waals surface area contributed by atoms with Crippen molar-refractivity contribution in [3.8, 4) is 0 Å². The lowest BCUT2D eigenvalue weighted by Gasteiger charge is -2.17. The number of hydrogen-bond acceptors (Lipinski definition) is 5. The van der Waals surface area contributed by atoms with Crippen molar-refractivity contribution in [1.29, 1.82) is 0 Å². The Balaban J connectivity index is 2.06. The molecular formula is C14H17N3O2S. The highest BCUT2D eigenvalue weighted by Crippen LogP contribution is 2.23. The number of rotatable bonds is 5. The third-order valence-corrected chi connectivity index (χ3v) is 4.16. The van der Waals surface area contributed by atoms with E-state index in [0.29, 0.717) is 12.5 Å². The highest BCUT2D eigenvalue weighted by Gasteiger charge is 2.10. The zero-order valence-electron chi connectivity index (χ0n) is 11.7. The Bertz CT molecular complexity index is 593. The number of thiazole rings is 1. The predicted molar refractivity (Wildman–Crippen MR) is 81.4 cm³/mol. The van der Waals surface area contributed by atoms with Gasteiger partial charge in [0.05, 0.1) is 22.2 Å². The van der Waals surface area contributed by atoms with Crippen LogP contribution < -0.4 is 4.90 Å². The molecule has 0 saturated heterocycles. The molecule has 1 aromatic carbocycles. The second-order valence-electron chi connectivity index (χ2n) is 4.96. The zero-order valence-corrected chi connectivity index (χ0v) is 12.6. The molecule has 0 aliphatic carbocycles. The molecule has 0 fully saturated rings. The number of aromatic nitrogens is 1. The highest BCUT2D eigenvalue weighted by molar-refractivity contribution is 7.09. The van der Waals surface area contributed by atoms with Crippen LogP contribution in [0.5, 0.6) is 0 Å². The molecule has 0 aliphatic rings. The molecule has 2 rings (SSSR count). The van der Waals surface area contributed by atoms with Crippen LogP contribution in [0, 0.1) is 10.1 Å². The molecule has 6 heteroatoms. The van der Waals surface area contributed by atoms with E-state index < -0.39 is 0 Å². The molecule has 0 aliphatic heterocycles. The predicted octanol–water partition coefficient (Wildman–Crippen LogP) is 3.81. The van der Waals surface area contributed by atoms with Gasteiger partial charge in [-0.2, -0.15) is 0 Å². The van der Waals surface area contributed by atoms with Gasteiger partial charge in [0.15, 0.2) is 0 Å². The molecular weight excluding hydrogens is 274 g/mol. The topological polar surface area (TPSA) is 59.3 Å². The van der Waals surface area contributed by atoms with Crippen molar-refractivity contribution in [2.24, 2.45) is 0 Å². The zero-order chi connectivity index (χ0) is 14.7. The number of nitro benzene ring substituents is 1. The van der Waals surface area contributed by atoms with Crippen LogP contribution in [0.15, 0.2) is 29.6 Å². The lowest BCUT2D eigenvalue weighted by molar-refractivity contribution is -0.384. The molecule has 1 aromatic heterocycles. The standard InChI is InChI=1S/C14H17N3O2S/c1-10(2)14-15-11(9-20-14)8-16(3)12-4-6-13(7-5-12)17(18)19/h4-7,9-10H,8H2,1-3H3. The Hall–Kier alpha value is -1.95. The van der Waals surface area contributed by atoms with Crippen LogP contribution in [0.1, 0.15) is 30.5 Å². The number of anilines is 1. The first-order valence-electron chi connectivity index (χ1n) is 6.37. The number of non-ortho nitro benzene ring substituents is 1. The summed E-state index contributed by atoms with van der Waals surface area (Å²) in [6.45, 7) is 4.95. The maximum atomic E-state index is 10.6. The van der Waals surface area contributed by atoms with Crippen molar-refractivity contribution < 1.29 is 4.92 Å². The van der Waals surface area contributed by atoms with Gasteiger partial charge in [0.25, 0.3) is 5.69 Å². The summed E-state index contributed by atoms with van der Waals surface area (Å²) in [5.41, 5.74) is 2.08. The fourth-order valence-corrected chi connectivity index (χ4v) is 2.65. The highest BCUT2D eigenvalue weighted by atomic mass is 32.1. The summed E-state index contributed by atoms with van der Waals surface area (Å²) in [6.07, 6.45) is 0. The minimum Gasteiger partial charge on any atom is -0.369 e. The van der Waals surface area contributed by atoms with E-state index in [1.807, 2.05) is 11.9 Å². The fourth-order valence-electron chi connectivity index (χ4n) is 1.82. The maximum absolute atomic E-state index is 10.6. The van der Waals surface area contributed by atoms with Crippen LogP contribution >= 0.6 is 11.3 Å². The molecule has 0 spiro atoms. The van der Waals surface area contributed by atoms with Crippen molar-refractivity contribution in [3.63, 3.8) is 0 Å². The van der Waals surface area contributed by atoms with E-state index >= 15 is 0 Å². The van der Waals surface area contributed by atoms with E-state index in [0.717, 1.165) is 16.4 Å². The monoisotopic (exact) mass is 291 g/mol. The van der Waals surface area contributed by atoms with Crippen LogP contribution in [0.2, 0.25) is 0 Å². The number of nitro groups is 1. The van der Waals surface area contributed by atoms with Gasteiger partial charge in [-0.15, -0.1) is 11.3 Å². The molecule has 2 aromatic rings. The van der Waals surface area contributed by atoms with E-state index in [2.05, 4.69) is 24.2 Å². The van der Waals surface area contributed by atoms with Crippen LogP contribution in [0.25, 0.3) is 0 Å². The first-order valence-corrected chi connectivity index (χ1v) is 7.25. The van der Waals surface area contributed by atoms with Crippen molar-refractivity contribution in [3.05, 3.63) is 50.5 Å². The summed E-state index contributed by atoms with van der Waals surface area (Å²) < 4.78 is 0. The van der Waals surface area contributed by atoms with Crippen molar-refractivity contribution >= 4 is 22.7 Å². The summed E-state index contributed by atoms with van der Waals surface area (Å²) >= 11 is 1.67. The van der Waals surface area contributed by atoms with Crippen LogP contribution in [-0.2, 0) is 6.54 Å².